The molecule has 0 atom stereocenters. The molecule has 0 radical (unpaired) electrons. The van der Waals surface area contributed by atoms with Crippen LogP contribution in [0.1, 0.15) is 50.3 Å². The number of allylic oxidation sites excluding steroid dienone is 2. The van der Waals surface area contributed by atoms with Crippen molar-refractivity contribution in [3.63, 3.8) is 0 Å². The lowest BCUT2D eigenvalue weighted by Gasteiger charge is -2.35. The van der Waals surface area contributed by atoms with Crippen molar-refractivity contribution in [2.75, 3.05) is 19.5 Å². The molecule has 0 aromatic heterocycles. The third-order valence-electron chi connectivity index (χ3n) is 5.97. The average Bonchev–Trinajstić information content (AvgIpc) is 2.75. The fourth-order valence-corrected chi connectivity index (χ4v) is 4.05. The predicted octanol–water partition coefficient (Wildman–Crippen LogP) is 6.81. The third kappa shape index (κ3) is 4.84. The minimum Gasteiger partial charge on any atom is -0.497 e. The molecule has 0 fully saturated rings. The van der Waals surface area contributed by atoms with Gasteiger partial charge in [-0.15, -0.1) is 0 Å². The first-order chi connectivity index (χ1) is 13.9. The molecule has 0 saturated carbocycles. The lowest BCUT2D eigenvalue weighted by molar-refractivity contribution is 0.395. The van der Waals surface area contributed by atoms with Crippen molar-refractivity contribution >= 4 is 5.69 Å². The van der Waals surface area contributed by atoms with Crippen molar-refractivity contribution in [3.05, 3.63) is 77.5 Å². The van der Waals surface area contributed by atoms with Crippen LogP contribution in [-0.2, 0) is 11.8 Å². The van der Waals surface area contributed by atoms with E-state index in [9.17, 15) is 0 Å². The first kappa shape index (κ1) is 22.6. The first-order valence-corrected chi connectivity index (χ1v) is 10.4. The lowest BCUT2D eigenvalue weighted by Crippen LogP contribution is -2.27. The summed E-state index contributed by atoms with van der Waals surface area (Å²) in [6.07, 6.45) is 7.10. The van der Waals surface area contributed by atoms with Gasteiger partial charge in [0.15, 0.2) is 0 Å². The van der Waals surface area contributed by atoms with Crippen molar-refractivity contribution in [1.82, 2.24) is 0 Å². The number of rotatable bonds is 10. The van der Waals surface area contributed by atoms with Gasteiger partial charge in [-0.05, 0) is 66.7 Å². The molecule has 0 saturated heterocycles. The van der Waals surface area contributed by atoms with Gasteiger partial charge in [0.2, 0.25) is 0 Å². The molecule has 0 aliphatic rings. The molecule has 0 aliphatic heterocycles. The number of nitrogens with one attached hydrogen (secondary N) is 1. The highest BCUT2D eigenvalue weighted by molar-refractivity contribution is 5.61. The molecule has 0 unspecified atom stereocenters. The molecule has 2 rings (SSSR count). The predicted molar refractivity (Wildman–Crippen MR) is 124 cm³/mol. The van der Waals surface area contributed by atoms with E-state index in [-0.39, 0.29) is 5.41 Å². The van der Waals surface area contributed by atoms with E-state index in [0.29, 0.717) is 0 Å². The Balaban J connectivity index is 2.28. The lowest BCUT2D eigenvalue weighted by atomic mass is 9.69. The zero-order valence-corrected chi connectivity index (χ0v) is 18.8. The summed E-state index contributed by atoms with van der Waals surface area (Å²) >= 11 is 0. The summed E-state index contributed by atoms with van der Waals surface area (Å²) in [7, 11) is 3.31. The van der Waals surface area contributed by atoms with Crippen LogP contribution in [0.15, 0.2) is 60.8 Å². The number of aryl methyl sites for hydroxylation is 2. The van der Waals surface area contributed by atoms with E-state index in [1.807, 2.05) is 24.4 Å². The second-order valence-electron chi connectivity index (χ2n) is 7.36. The normalized spacial score (nSPS) is 11.5. The van der Waals surface area contributed by atoms with Gasteiger partial charge >= 0.3 is 0 Å². The Bertz CT molecular complexity index is 863. The quantitative estimate of drug-likeness (QED) is 0.450. The topological polar surface area (TPSA) is 30.5 Å². The van der Waals surface area contributed by atoms with Crippen LogP contribution in [-0.4, -0.2) is 14.2 Å². The molecule has 0 aliphatic carbocycles. The summed E-state index contributed by atoms with van der Waals surface area (Å²) in [4.78, 5) is 0. The van der Waals surface area contributed by atoms with Crippen molar-refractivity contribution < 1.29 is 9.47 Å². The van der Waals surface area contributed by atoms with Crippen LogP contribution in [0.5, 0.6) is 11.5 Å². The molecule has 2 aromatic carbocycles. The summed E-state index contributed by atoms with van der Waals surface area (Å²) < 4.78 is 10.7. The van der Waals surface area contributed by atoms with Gasteiger partial charge in [0.1, 0.15) is 11.5 Å². The van der Waals surface area contributed by atoms with E-state index in [4.69, 9.17) is 9.47 Å². The Morgan fingerprint density at radius 2 is 1.76 bits per heavy atom. The molecule has 156 valence electrons. The van der Waals surface area contributed by atoms with E-state index in [1.165, 1.54) is 16.7 Å². The average molecular weight is 394 g/mol. The zero-order valence-electron chi connectivity index (χ0n) is 18.8. The Labute approximate surface area is 176 Å². The van der Waals surface area contributed by atoms with E-state index in [2.05, 4.69) is 63.9 Å². The van der Waals surface area contributed by atoms with Crippen molar-refractivity contribution in [2.45, 2.75) is 52.4 Å². The molecule has 2 aromatic rings. The van der Waals surface area contributed by atoms with Crippen LogP contribution in [0, 0.1) is 6.92 Å². The summed E-state index contributed by atoms with van der Waals surface area (Å²) in [5.41, 5.74) is 6.01. The number of ether oxygens (including phenoxy) is 2. The molecule has 0 amide bonds. The van der Waals surface area contributed by atoms with Crippen LogP contribution in [0.4, 0.5) is 5.69 Å². The number of methoxy groups -OCH3 is 2. The maximum atomic E-state index is 5.46. The van der Waals surface area contributed by atoms with Crippen molar-refractivity contribution in [1.29, 1.82) is 0 Å². The smallest absolute Gasteiger partial charge is 0.145 e. The Kier molecular flexibility index (Phi) is 7.95. The highest BCUT2D eigenvalue weighted by Gasteiger charge is 2.31. The van der Waals surface area contributed by atoms with E-state index in [1.54, 1.807) is 14.2 Å². The highest BCUT2D eigenvalue weighted by Crippen LogP contribution is 2.41. The van der Waals surface area contributed by atoms with Crippen LogP contribution in [0.25, 0.3) is 0 Å². The molecule has 1 N–H and O–H groups in total. The van der Waals surface area contributed by atoms with Gasteiger partial charge in [0, 0.05) is 17.7 Å². The van der Waals surface area contributed by atoms with E-state index >= 15 is 0 Å². The van der Waals surface area contributed by atoms with Crippen LogP contribution in [0.2, 0.25) is 0 Å². The molecule has 29 heavy (non-hydrogen) atoms. The molecule has 3 heteroatoms. The van der Waals surface area contributed by atoms with Gasteiger partial charge < -0.3 is 14.8 Å². The maximum absolute atomic E-state index is 5.46. The Morgan fingerprint density at radius 3 is 2.31 bits per heavy atom. The fourth-order valence-electron chi connectivity index (χ4n) is 4.05. The van der Waals surface area contributed by atoms with Crippen LogP contribution in [0.3, 0.4) is 0 Å². The van der Waals surface area contributed by atoms with Crippen LogP contribution < -0.4 is 14.8 Å². The van der Waals surface area contributed by atoms with Gasteiger partial charge in [-0.1, -0.05) is 45.5 Å². The van der Waals surface area contributed by atoms with E-state index in [0.717, 1.165) is 42.0 Å². The zero-order chi connectivity index (χ0) is 21.4. The minimum atomic E-state index is -0.0709. The van der Waals surface area contributed by atoms with E-state index < -0.39 is 0 Å². The molecule has 0 heterocycles. The first-order valence-electron chi connectivity index (χ1n) is 10.4. The summed E-state index contributed by atoms with van der Waals surface area (Å²) in [6.45, 7) is 13.4. The minimum absolute atomic E-state index is 0.0709. The van der Waals surface area contributed by atoms with Crippen molar-refractivity contribution in [3.8, 4) is 11.5 Å². The summed E-state index contributed by atoms with van der Waals surface area (Å²) in [5.74, 6) is 1.51. The second kappa shape index (κ2) is 10.2. The number of benzene rings is 2. The van der Waals surface area contributed by atoms with Gasteiger partial charge in [-0.25, -0.2) is 0 Å². The Morgan fingerprint density at radius 1 is 1.03 bits per heavy atom. The molecule has 0 bridgehead atoms. The van der Waals surface area contributed by atoms with Crippen LogP contribution >= 0.6 is 0 Å². The molecule has 0 spiro atoms. The number of hydrogen-bond acceptors (Lipinski definition) is 3. The number of hydrogen-bond donors (Lipinski definition) is 1. The van der Waals surface area contributed by atoms with Gasteiger partial charge in [-0.3, -0.25) is 0 Å². The molecule has 3 nitrogen and oxygen atoms in total. The van der Waals surface area contributed by atoms with Gasteiger partial charge in [0.05, 0.1) is 19.9 Å². The third-order valence-corrected chi connectivity index (χ3v) is 5.97. The largest absolute Gasteiger partial charge is 0.497 e. The summed E-state index contributed by atoms with van der Waals surface area (Å²) in [5, 5.41) is 3.33. The maximum Gasteiger partial charge on any atom is 0.145 e. The van der Waals surface area contributed by atoms with Crippen molar-refractivity contribution in [2.24, 2.45) is 0 Å². The monoisotopic (exact) mass is 393 g/mol. The second-order valence-corrected chi connectivity index (χ2v) is 7.36. The SMILES string of the molecule is C=C(C=CNc1ccc(OC)cc1OC)C(CC)(CC)c1ccc(CC)cc1C. The molecular formula is C26H35NO2. The summed E-state index contributed by atoms with van der Waals surface area (Å²) in [6, 6.07) is 12.6. The molecular weight excluding hydrogens is 358 g/mol. The highest BCUT2D eigenvalue weighted by atomic mass is 16.5. The standard InChI is InChI=1S/C26H35NO2/c1-8-21-11-13-23(19(4)17-21)26(9-2,10-3)20(5)15-16-27-24-14-12-22(28-6)18-25(24)29-7/h11-18,27H,5,8-10H2,1-4,6-7H3. The van der Waals surface area contributed by atoms with Gasteiger partial charge in [-0.2, -0.15) is 0 Å². The number of anilines is 1. The Hall–Kier alpha value is -2.68. The van der Waals surface area contributed by atoms with Gasteiger partial charge in [0.25, 0.3) is 0 Å². The fraction of sp³-hybridized carbons (Fsp3) is 0.385.